The van der Waals surface area contributed by atoms with E-state index in [1.165, 1.54) is 12.1 Å². The molecule has 162 valence electrons. The van der Waals surface area contributed by atoms with E-state index in [-0.39, 0.29) is 22.6 Å². The Balaban J connectivity index is 1.42. The maximum Gasteiger partial charge on any atom is 0.248 e. The van der Waals surface area contributed by atoms with Crippen LogP contribution in [0.2, 0.25) is 0 Å². The Bertz CT molecular complexity index is 1180. The van der Waals surface area contributed by atoms with Gasteiger partial charge >= 0.3 is 0 Å². The van der Waals surface area contributed by atoms with Gasteiger partial charge in [-0.3, -0.25) is 9.59 Å². The van der Waals surface area contributed by atoms with Crippen molar-refractivity contribution in [1.29, 1.82) is 0 Å². The number of hydrogen-bond donors (Lipinski definition) is 3. The number of aromatic nitrogens is 1. The fourth-order valence-electron chi connectivity index (χ4n) is 4.34. The van der Waals surface area contributed by atoms with Crippen molar-refractivity contribution in [2.75, 3.05) is 11.4 Å². The number of phenolic OH excluding ortho intramolecular Hbond substituents is 1. The molecule has 6 nitrogen and oxygen atoms in total. The van der Waals surface area contributed by atoms with Crippen molar-refractivity contribution in [3.05, 3.63) is 70.0 Å². The Kier molecular flexibility index (Phi) is 5.58. The van der Waals surface area contributed by atoms with Crippen LogP contribution in [0.4, 0.5) is 5.69 Å². The molecule has 3 aromatic rings. The number of benzene rings is 2. The minimum atomic E-state index is -0.770. The monoisotopic (exact) mass is 420 g/mol. The Morgan fingerprint density at radius 3 is 2.68 bits per heavy atom. The molecule has 1 aliphatic rings. The van der Waals surface area contributed by atoms with Crippen molar-refractivity contribution in [3.8, 4) is 5.75 Å². The van der Waals surface area contributed by atoms with E-state index in [1.54, 1.807) is 12.1 Å². The predicted octanol–water partition coefficient (Wildman–Crippen LogP) is 4.05. The van der Waals surface area contributed by atoms with Crippen molar-refractivity contribution in [2.24, 2.45) is 5.41 Å². The summed E-state index contributed by atoms with van der Waals surface area (Å²) in [6.07, 6.45) is 1.76. The van der Waals surface area contributed by atoms with E-state index in [0.717, 1.165) is 29.5 Å². The first kappa shape index (κ1) is 21.1. The minimum Gasteiger partial charge on any atom is -0.508 e. The lowest BCUT2D eigenvalue weighted by molar-refractivity contribution is -0.117. The average molecular weight is 421 g/mol. The van der Waals surface area contributed by atoms with Crippen molar-refractivity contribution >= 4 is 22.5 Å². The van der Waals surface area contributed by atoms with Crippen LogP contribution >= 0.6 is 0 Å². The summed E-state index contributed by atoms with van der Waals surface area (Å²) < 4.78 is 0. The number of nitrogens with zero attached hydrogens (tertiary/aromatic N) is 1. The molecule has 1 unspecified atom stereocenters. The lowest BCUT2D eigenvalue weighted by atomic mass is 9.82. The lowest BCUT2D eigenvalue weighted by Crippen LogP contribution is -2.31. The van der Waals surface area contributed by atoms with Gasteiger partial charge in [-0.05, 0) is 54.0 Å². The fourth-order valence-corrected chi connectivity index (χ4v) is 4.34. The summed E-state index contributed by atoms with van der Waals surface area (Å²) >= 11 is 0. The lowest BCUT2D eigenvalue weighted by Gasteiger charge is -2.29. The van der Waals surface area contributed by atoms with Crippen molar-refractivity contribution in [3.63, 3.8) is 0 Å². The SMILES string of the molecule is CC(C)(CCC(O)c1cc(O)cc2[nH]c(=O)ccc12)CCN1C(=O)Cc2ccccc21. The molecule has 31 heavy (non-hydrogen) atoms. The predicted molar refractivity (Wildman–Crippen MR) is 121 cm³/mol. The number of rotatable bonds is 7. The number of carbonyl (C=O) groups is 1. The van der Waals surface area contributed by atoms with Gasteiger partial charge in [0.05, 0.1) is 18.0 Å². The number of pyridine rings is 1. The molecule has 3 N–H and O–H groups in total. The summed E-state index contributed by atoms with van der Waals surface area (Å²) in [6.45, 7) is 4.93. The molecule has 6 heteroatoms. The molecule has 0 aliphatic carbocycles. The molecule has 0 bridgehead atoms. The highest BCUT2D eigenvalue weighted by Gasteiger charge is 2.29. The van der Waals surface area contributed by atoms with Gasteiger partial charge in [0.2, 0.25) is 11.5 Å². The standard InChI is InChI=1S/C25H28N2O4/c1-25(2,11-12-27-21-6-4-3-5-16(21)13-24(27)31)10-9-22(29)19-14-17(28)15-20-18(19)7-8-23(30)26-20/h3-8,14-15,22,28-29H,9-13H2,1-2H3,(H,26,30). The van der Waals surface area contributed by atoms with E-state index < -0.39 is 6.10 Å². The number of para-hydroxylation sites is 1. The van der Waals surface area contributed by atoms with E-state index in [1.807, 2.05) is 29.2 Å². The Morgan fingerprint density at radius 2 is 1.87 bits per heavy atom. The first-order chi connectivity index (χ1) is 14.7. The van der Waals surface area contributed by atoms with Gasteiger partial charge in [0.1, 0.15) is 5.75 Å². The highest BCUT2D eigenvalue weighted by atomic mass is 16.3. The van der Waals surface area contributed by atoms with E-state index in [2.05, 4.69) is 18.8 Å². The zero-order valence-electron chi connectivity index (χ0n) is 17.9. The van der Waals surface area contributed by atoms with Crippen LogP contribution < -0.4 is 10.5 Å². The number of aliphatic hydroxyl groups excluding tert-OH is 1. The van der Waals surface area contributed by atoms with Crippen LogP contribution in [0.5, 0.6) is 5.75 Å². The van der Waals surface area contributed by atoms with Gasteiger partial charge in [-0.25, -0.2) is 0 Å². The number of fused-ring (bicyclic) bond motifs is 2. The quantitative estimate of drug-likeness (QED) is 0.537. The highest BCUT2D eigenvalue weighted by Crippen LogP contribution is 2.36. The first-order valence-electron chi connectivity index (χ1n) is 10.7. The molecule has 4 rings (SSSR count). The highest BCUT2D eigenvalue weighted by molar-refractivity contribution is 6.01. The molecular weight excluding hydrogens is 392 g/mol. The number of nitrogens with one attached hydrogen (secondary N) is 1. The molecule has 2 heterocycles. The van der Waals surface area contributed by atoms with Gasteiger partial charge in [-0.15, -0.1) is 0 Å². The summed E-state index contributed by atoms with van der Waals surface area (Å²) in [7, 11) is 0. The molecule has 0 spiro atoms. The third kappa shape index (κ3) is 4.49. The van der Waals surface area contributed by atoms with Crippen LogP contribution in [0.25, 0.3) is 10.9 Å². The molecule has 1 atom stereocenters. The molecular formula is C25H28N2O4. The second-order valence-corrected chi connectivity index (χ2v) is 9.14. The van der Waals surface area contributed by atoms with Crippen LogP contribution in [0.15, 0.2) is 53.3 Å². The van der Waals surface area contributed by atoms with Gasteiger partial charge in [-0.2, -0.15) is 0 Å². The summed E-state index contributed by atoms with van der Waals surface area (Å²) in [4.78, 5) is 28.6. The summed E-state index contributed by atoms with van der Waals surface area (Å²) in [5, 5.41) is 21.6. The largest absolute Gasteiger partial charge is 0.508 e. The van der Waals surface area contributed by atoms with Crippen molar-refractivity contribution < 1.29 is 15.0 Å². The number of aromatic amines is 1. The maximum atomic E-state index is 12.4. The van der Waals surface area contributed by atoms with Gasteiger partial charge in [0, 0.05) is 29.8 Å². The molecule has 2 aromatic carbocycles. The Morgan fingerprint density at radius 1 is 1.10 bits per heavy atom. The zero-order valence-corrected chi connectivity index (χ0v) is 17.9. The number of H-pyrrole nitrogens is 1. The molecule has 0 saturated carbocycles. The molecule has 0 fully saturated rings. The third-order valence-corrected chi connectivity index (χ3v) is 6.25. The van der Waals surface area contributed by atoms with E-state index in [0.29, 0.717) is 30.5 Å². The topological polar surface area (TPSA) is 93.6 Å². The zero-order chi connectivity index (χ0) is 22.2. The van der Waals surface area contributed by atoms with E-state index >= 15 is 0 Å². The fraction of sp³-hybridized carbons (Fsp3) is 0.360. The van der Waals surface area contributed by atoms with Crippen LogP contribution in [-0.4, -0.2) is 27.6 Å². The molecule has 1 amide bonds. The van der Waals surface area contributed by atoms with Gasteiger partial charge in [-0.1, -0.05) is 32.0 Å². The summed E-state index contributed by atoms with van der Waals surface area (Å²) in [5.41, 5.74) is 2.85. The van der Waals surface area contributed by atoms with E-state index in [4.69, 9.17) is 0 Å². The number of anilines is 1. The van der Waals surface area contributed by atoms with Crippen LogP contribution in [0, 0.1) is 5.41 Å². The smallest absolute Gasteiger partial charge is 0.248 e. The Labute approximate surface area is 181 Å². The minimum absolute atomic E-state index is 0.00821. The van der Waals surface area contributed by atoms with E-state index in [9.17, 15) is 19.8 Å². The van der Waals surface area contributed by atoms with Gasteiger partial charge in [0.25, 0.3) is 0 Å². The number of carbonyl (C=O) groups excluding carboxylic acids is 1. The average Bonchev–Trinajstić information content (AvgIpc) is 3.04. The van der Waals surface area contributed by atoms with Crippen molar-refractivity contribution in [1.82, 2.24) is 4.98 Å². The van der Waals surface area contributed by atoms with Crippen LogP contribution in [0.1, 0.15) is 50.3 Å². The maximum absolute atomic E-state index is 12.4. The summed E-state index contributed by atoms with van der Waals surface area (Å²) in [6, 6.07) is 14.0. The van der Waals surface area contributed by atoms with Crippen molar-refractivity contribution in [2.45, 2.75) is 45.6 Å². The van der Waals surface area contributed by atoms with Crippen LogP contribution in [0.3, 0.4) is 0 Å². The van der Waals surface area contributed by atoms with Gasteiger partial charge in [0.15, 0.2) is 0 Å². The van der Waals surface area contributed by atoms with Gasteiger partial charge < -0.3 is 20.1 Å². The first-order valence-corrected chi connectivity index (χ1v) is 10.7. The van der Waals surface area contributed by atoms with Crippen LogP contribution in [-0.2, 0) is 11.2 Å². The number of phenols is 1. The summed E-state index contributed by atoms with van der Waals surface area (Å²) in [5.74, 6) is 0.145. The number of amides is 1. The third-order valence-electron chi connectivity index (χ3n) is 6.25. The number of hydrogen-bond acceptors (Lipinski definition) is 4. The molecule has 0 saturated heterocycles. The second-order valence-electron chi connectivity index (χ2n) is 9.14. The Hall–Kier alpha value is -3.12. The molecule has 0 radical (unpaired) electrons. The second kappa shape index (κ2) is 8.19. The molecule has 1 aliphatic heterocycles. The molecule has 1 aromatic heterocycles. The number of aromatic hydroxyl groups is 1. The normalized spacial score (nSPS) is 14.8. The number of aliphatic hydroxyl groups is 1.